The van der Waals surface area contributed by atoms with Crippen molar-refractivity contribution in [2.24, 2.45) is 5.92 Å². The molecule has 0 saturated heterocycles. The third-order valence-electron chi connectivity index (χ3n) is 17.2. The van der Waals surface area contributed by atoms with Crippen LogP contribution in [0.2, 0.25) is 0 Å². The molecule has 14 rings (SSSR count). The van der Waals surface area contributed by atoms with E-state index in [0.29, 0.717) is 0 Å². The zero-order valence-corrected chi connectivity index (χ0v) is 40.9. The molecule has 72 heavy (non-hydrogen) atoms. The van der Waals surface area contributed by atoms with Gasteiger partial charge in [0.25, 0.3) is 0 Å². The molecule has 0 fully saturated rings. The number of allylic oxidation sites excluding steroid dienone is 8. The molecule has 9 aromatic rings. The highest BCUT2D eigenvalue weighted by molar-refractivity contribution is 5.91. The smallest absolute Gasteiger partial charge is 0.0714 e. The average Bonchev–Trinajstić information content (AvgIpc) is 3.88. The molecular formula is C71H55N. The number of fused-ring (bicyclic) bond motifs is 8. The molecule has 0 spiro atoms. The van der Waals surface area contributed by atoms with Crippen LogP contribution in [-0.2, 0) is 16.2 Å². The summed E-state index contributed by atoms with van der Waals surface area (Å²) in [6.45, 7) is 4.76. The topological polar surface area (TPSA) is 3.24 Å². The van der Waals surface area contributed by atoms with E-state index in [2.05, 4.69) is 274 Å². The molecule has 0 bridgehead atoms. The van der Waals surface area contributed by atoms with Gasteiger partial charge in [-0.15, -0.1) is 0 Å². The molecule has 3 atom stereocenters. The Balaban J connectivity index is 0.958. The second-order valence-electron chi connectivity index (χ2n) is 20.9. The Kier molecular flexibility index (Phi) is 9.71. The summed E-state index contributed by atoms with van der Waals surface area (Å²) in [6, 6.07) is 83.1. The predicted molar refractivity (Wildman–Crippen MR) is 300 cm³/mol. The van der Waals surface area contributed by atoms with E-state index >= 15 is 0 Å². The lowest BCUT2D eigenvalue weighted by molar-refractivity contribution is 0.431. The molecule has 0 heterocycles. The zero-order chi connectivity index (χ0) is 48.0. The van der Waals surface area contributed by atoms with E-state index in [1.54, 1.807) is 0 Å². The molecule has 0 N–H and O–H groups in total. The van der Waals surface area contributed by atoms with Crippen LogP contribution in [-0.4, -0.2) is 0 Å². The van der Waals surface area contributed by atoms with Crippen LogP contribution < -0.4 is 4.90 Å². The van der Waals surface area contributed by atoms with Crippen LogP contribution in [0.1, 0.15) is 88.7 Å². The lowest BCUT2D eigenvalue weighted by atomic mass is 9.49. The Bertz CT molecular complexity index is 3750. The number of nitrogens with zero attached hydrogens (tertiary/aromatic N) is 1. The number of anilines is 2. The Morgan fingerprint density at radius 1 is 0.417 bits per heavy atom. The van der Waals surface area contributed by atoms with Crippen LogP contribution in [0.5, 0.6) is 0 Å². The molecule has 0 aromatic heterocycles. The molecule has 1 nitrogen and oxygen atoms in total. The number of hydrogen-bond acceptors (Lipinski definition) is 1. The maximum Gasteiger partial charge on any atom is 0.0714 e. The van der Waals surface area contributed by atoms with Crippen LogP contribution in [0.15, 0.2) is 261 Å². The van der Waals surface area contributed by atoms with Crippen LogP contribution in [0.3, 0.4) is 0 Å². The SMILES string of the molecule is CC1(C)c2ccccc2-c2ccc(N(C3=CC=C(c4ccccc4)CC3)c3ccc(-c4ccccc4C4(c5ccccc5)c5ccccc5[C@]5(C6C=CC=CC6)c6ccccc6-c6cccc4c65)cc3)cc21. The summed E-state index contributed by atoms with van der Waals surface area (Å²) in [5.41, 5.74) is 25.4. The van der Waals surface area contributed by atoms with E-state index in [9.17, 15) is 0 Å². The monoisotopic (exact) mass is 921 g/mol. The summed E-state index contributed by atoms with van der Waals surface area (Å²) in [7, 11) is 0. The third kappa shape index (κ3) is 6.01. The molecule has 1 heteroatoms. The molecule has 5 aliphatic rings. The van der Waals surface area contributed by atoms with Crippen molar-refractivity contribution in [2.75, 3.05) is 4.90 Å². The van der Waals surface area contributed by atoms with Gasteiger partial charge in [-0.3, -0.25) is 0 Å². The largest absolute Gasteiger partial charge is 0.314 e. The Hall–Kier alpha value is -8.26. The minimum Gasteiger partial charge on any atom is -0.314 e. The van der Waals surface area contributed by atoms with Crippen molar-refractivity contribution in [1.29, 1.82) is 0 Å². The average molecular weight is 922 g/mol. The van der Waals surface area contributed by atoms with Gasteiger partial charge in [0, 0.05) is 22.5 Å². The highest BCUT2D eigenvalue weighted by atomic mass is 15.1. The Morgan fingerprint density at radius 3 is 1.74 bits per heavy atom. The maximum atomic E-state index is 2.52. The van der Waals surface area contributed by atoms with Crippen LogP contribution in [0, 0.1) is 5.92 Å². The van der Waals surface area contributed by atoms with Gasteiger partial charge in [-0.1, -0.05) is 238 Å². The van der Waals surface area contributed by atoms with Crippen molar-refractivity contribution in [3.05, 3.63) is 316 Å². The summed E-state index contributed by atoms with van der Waals surface area (Å²) < 4.78 is 0. The fourth-order valence-electron chi connectivity index (χ4n) is 14.1. The van der Waals surface area contributed by atoms with E-state index in [4.69, 9.17) is 0 Å². The van der Waals surface area contributed by atoms with E-state index in [-0.39, 0.29) is 16.7 Å². The molecule has 0 aliphatic heterocycles. The van der Waals surface area contributed by atoms with Crippen molar-refractivity contribution < 1.29 is 0 Å². The molecule has 2 unspecified atom stereocenters. The van der Waals surface area contributed by atoms with Gasteiger partial charge in [-0.25, -0.2) is 0 Å². The Labute approximate surface area is 424 Å². The first-order valence-corrected chi connectivity index (χ1v) is 25.9. The van der Waals surface area contributed by atoms with Gasteiger partial charge >= 0.3 is 0 Å². The van der Waals surface area contributed by atoms with Crippen LogP contribution >= 0.6 is 0 Å². The number of benzene rings is 9. The van der Waals surface area contributed by atoms with Crippen molar-refractivity contribution >= 4 is 16.9 Å². The van der Waals surface area contributed by atoms with Gasteiger partial charge in [0.1, 0.15) is 0 Å². The fourth-order valence-corrected chi connectivity index (χ4v) is 14.1. The molecule has 0 saturated carbocycles. The summed E-state index contributed by atoms with van der Waals surface area (Å²) in [4.78, 5) is 2.52. The third-order valence-corrected chi connectivity index (χ3v) is 17.2. The fraction of sp³-hybridized carbons (Fsp3) is 0.127. The molecule has 5 aliphatic carbocycles. The van der Waals surface area contributed by atoms with Crippen molar-refractivity contribution in [2.45, 2.75) is 49.4 Å². The lowest BCUT2D eigenvalue weighted by Crippen LogP contribution is -2.47. The van der Waals surface area contributed by atoms with Gasteiger partial charge < -0.3 is 4.90 Å². The molecule has 344 valence electrons. The van der Waals surface area contributed by atoms with Crippen molar-refractivity contribution in [3.8, 4) is 33.4 Å². The summed E-state index contributed by atoms with van der Waals surface area (Å²) in [6.07, 6.45) is 17.0. The van der Waals surface area contributed by atoms with Gasteiger partial charge in [0.2, 0.25) is 0 Å². The van der Waals surface area contributed by atoms with Gasteiger partial charge in [-0.2, -0.15) is 0 Å². The molecule has 0 amide bonds. The first-order valence-electron chi connectivity index (χ1n) is 25.9. The second kappa shape index (κ2) is 16.4. The highest BCUT2D eigenvalue weighted by Crippen LogP contribution is 2.67. The summed E-state index contributed by atoms with van der Waals surface area (Å²) >= 11 is 0. The summed E-state index contributed by atoms with van der Waals surface area (Å²) in [5, 5.41) is 0. The van der Waals surface area contributed by atoms with Gasteiger partial charge in [0.15, 0.2) is 0 Å². The zero-order valence-electron chi connectivity index (χ0n) is 40.9. The van der Waals surface area contributed by atoms with Crippen LogP contribution in [0.25, 0.3) is 39.0 Å². The lowest BCUT2D eigenvalue weighted by Gasteiger charge is -2.52. The number of hydrogen-bond donors (Lipinski definition) is 0. The van der Waals surface area contributed by atoms with E-state index in [1.165, 1.54) is 106 Å². The van der Waals surface area contributed by atoms with E-state index in [0.717, 1.165) is 24.9 Å². The predicted octanol–water partition coefficient (Wildman–Crippen LogP) is 17.7. The first kappa shape index (κ1) is 42.6. The molecule has 9 aromatic carbocycles. The van der Waals surface area contributed by atoms with E-state index in [1.807, 2.05) is 0 Å². The highest BCUT2D eigenvalue weighted by Gasteiger charge is 2.59. The van der Waals surface area contributed by atoms with Gasteiger partial charge in [0.05, 0.1) is 10.8 Å². The standard InChI is InChI=1S/C71H55N/c1-69(2)61-31-15-13-28-57(61)59-46-45-55(47-67(59)69)72(53-41-37-49(38-42-53)48-21-6-3-7-22-48)54-43-39-50(40-44-54)56-27-12-16-32-62(56)70(51-23-8-4-9-24-51)64-34-18-19-35-65(64)71(52-25-10-5-11-26-52)63-33-17-14-29-58(63)60-30-20-36-66(70)68(60)71/h3-25,27-37,39-41,43-47,52H,26,38,42H2,1-2H3/t52?,70?,71-/m0/s1. The second-order valence-corrected chi connectivity index (χ2v) is 20.9. The van der Waals surface area contributed by atoms with E-state index < -0.39 is 5.41 Å². The summed E-state index contributed by atoms with van der Waals surface area (Å²) in [5.74, 6) is 0.249. The first-order chi connectivity index (χ1) is 35.5. The van der Waals surface area contributed by atoms with Crippen LogP contribution in [0.4, 0.5) is 11.4 Å². The maximum absolute atomic E-state index is 2.52. The van der Waals surface area contributed by atoms with Gasteiger partial charge in [-0.05, 0) is 150 Å². The quantitative estimate of drug-likeness (QED) is 0.147. The number of rotatable bonds is 8. The van der Waals surface area contributed by atoms with Crippen molar-refractivity contribution in [3.63, 3.8) is 0 Å². The minimum absolute atomic E-state index is 0.111. The molecular weight excluding hydrogens is 867 g/mol. The van der Waals surface area contributed by atoms with Crippen molar-refractivity contribution in [1.82, 2.24) is 0 Å². The molecule has 0 radical (unpaired) electrons. The Morgan fingerprint density at radius 2 is 1.01 bits per heavy atom. The minimum atomic E-state index is -0.630. The normalized spacial score (nSPS) is 20.3.